The van der Waals surface area contributed by atoms with Crippen molar-refractivity contribution in [2.24, 2.45) is 5.73 Å². The second-order valence-electron chi connectivity index (χ2n) is 25.7. The monoisotopic (exact) mass is 1330 g/mol. The van der Waals surface area contributed by atoms with Gasteiger partial charge in [0.2, 0.25) is 0 Å². The molecule has 0 saturated carbocycles. The molecule has 5 aromatic rings. The van der Waals surface area contributed by atoms with Gasteiger partial charge in [0.05, 0.1) is 54.3 Å². The van der Waals surface area contributed by atoms with Gasteiger partial charge in [-0.1, -0.05) is 50.9 Å². The van der Waals surface area contributed by atoms with E-state index >= 15 is 8.78 Å². The maximum atomic E-state index is 17.0. The topological polar surface area (TPSA) is 196 Å². The van der Waals surface area contributed by atoms with E-state index in [1.807, 2.05) is 13.8 Å². The van der Waals surface area contributed by atoms with E-state index in [1.54, 1.807) is 0 Å². The van der Waals surface area contributed by atoms with Gasteiger partial charge in [-0.3, -0.25) is 15.2 Å². The fraction of sp³-hybridized carbons (Fsp3) is 0.606. The van der Waals surface area contributed by atoms with Crippen LogP contribution in [0.4, 0.5) is 52.6 Å². The molecule has 500 valence electrons. The van der Waals surface area contributed by atoms with Crippen molar-refractivity contribution in [3.05, 3.63) is 72.8 Å². The molecule has 2 unspecified atom stereocenters. The number of alkyl halides is 6. The third-order valence-electron chi connectivity index (χ3n) is 20.4. The molecule has 4 atom stereocenters. The van der Waals surface area contributed by atoms with Gasteiger partial charge in [-0.2, -0.15) is 46.3 Å². The van der Waals surface area contributed by atoms with Crippen LogP contribution in [0.1, 0.15) is 152 Å². The van der Waals surface area contributed by atoms with E-state index in [-0.39, 0.29) is 85.3 Å². The predicted molar refractivity (Wildman–Crippen MR) is 346 cm³/mol. The third kappa shape index (κ3) is 12.7. The summed E-state index contributed by atoms with van der Waals surface area (Å²) in [6.07, 6.45) is 5.92. The van der Waals surface area contributed by atoms with Crippen LogP contribution >= 0.6 is 23.2 Å². The second kappa shape index (κ2) is 27.1. The number of hydrogen-bond acceptors (Lipinski definition) is 15. The lowest BCUT2D eigenvalue weighted by Gasteiger charge is -2.44. The van der Waals surface area contributed by atoms with Crippen LogP contribution < -0.4 is 41.4 Å². The number of nitrogens with one attached hydrogen (secondary N) is 3. The number of pyridine rings is 1. The molecule has 8 aliphatic heterocycles. The van der Waals surface area contributed by atoms with Crippen LogP contribution in [-0.2, 0) is 19.0 Å². The smallest absolute Gasteiger partial charge is 0.418 e. The Labute approximate surface area is 542 Å². The highest BCUT2D eigenvalue weighted by Gasteiger charge is 2.48. The number of fused-ring (bicyclic) bond motifs is 6. The standard InChI is InChI=1S/C32H38ClF4N7O.C32H40ClF4N7O.C2H6/c1-3-19-20-8-4-7-18-22-28(26(34)23(25(18)33)27-24(32(35,36)37)17(2)15-21(38)40-27)41-30(42-29(22)44(20)14-11-39-19)45-16-31-9-5-12-43(31)13-6-10-31;1-3-22-23-8-4-7-19-25-28(27(34)20(26(19)33)16-21(32(35,36)37)18(2)15-24(38)39)41-30(42-29(25)44(23)14-11-40-22)45-17-31-9-5-12-43(31)13-6-10-31;1-2/h15,19-20,39H,3-14,16H2,1-2H3,(H2,38,40);15-16,22-23,40H,3-14,17H2,1-2H3,(H3,38,39);1-2H3/b;18-15-,21-16-;/t19-,20?;22-,23?;/m00./s1. The lowest BCUT2D eigenvalue weighted by molar-refractivity contribution is -0.137. The summed E-state index contributed by atoms with van der Waals surface area (Å²) in [5, 5.41) is 15.3. The number of amidine groups is 1. The zero-order valence-corrected chi connectivity index (χ0v) is 54.7. The van der Waals surface area contributed by atoms with E-state index < -0.39 is 57.8 Å². The summed E-state index contributed by atoms with van der Waals surface area (Å²) < 4.78 is 133. The number of nitrogens with two attached hydrogens (primary N) is 2. The Balaban J connectivity index is 0.000000184. The minimum Gasteiger partial charge on any atom is -0.461 e. The van der Waals surface area contributed by atoms with Crippen molar-refractivity contribution in [1.82, 2.24) is 45.4 Å². The van der Waals surface area contributed by atoms with E-state index in [1.165, 1.54) is 13.8 Å². The van der Waals surface area contributed by atoms with E-state index in [0.717, 1.165) is 115 Å². The number of nitrogens with zero attached hydrogens (tertiary/aromatic N) is 9. The second-order valence-corrected chi connectivity index (χ2v) is 26.4. The number of ether oxygens (including phenoxy) is 2. The van der Waals surface area contributed by atoms with Gasteiger partial charge in [-0.05, 0) is 183 Å². The SMILES string of the molecule is CC.CC[C@@H]1NCCN2c3nc(OCC45CCCN4CCC5)nc4c(F)c(-c5nc(N)cc(C)c5C(F)(F)F)c(Cl)c(c34)CCCC12.CC[C@@H]1NCCN2c3nc(OCC45CCCN4CCC5)nc4c(F)c(/C=C(/C(C)=C\C(=N)N)C(F)(F)F)c(Cl)c(c34)CCCC12. The van der Waals surface area contributed by atoms with Crippen LogP contribution in [0.2, 0.25) is 10.0 Å². The summed E-state index contributed by atoms with van der Waals surface area (Å²) in [7, 11) is 0. The van der Waals surface area contributed by atoms with Gasteiger partial charge in [-0.15, -0.1) is 0 Å². The average molecular weight is 1330 g/mol. The molecule has 6 saturated heterocycles. The number of piperazine rings is 2. The first-order valence-corrected chi connectivity index (χ1v) is 33.6. The molecule has 8 aliphatic rings. The quantitative estimate of drug-likeness (QED) is 0.0342. The Morgan fingerprint density at radius 1 is 0.707 bits per heavy atom. The molecule has 13 rings (SSSR count). The maximum absolute atomic E-state index is 17.0. The Hall–Kier alpha value is -5.92. The number of aromatic nitrogens is 5. The molecule has 7 N–H and O–H groups in total. The molecule has 0 bridgehead atoms. The fourth-order valence-electron chi connectivity index (χ4n) is 16.3. The van der Waals surface area contributed by atoms with Crippen molar-refractivity contribution >= 4 is 74.4 Å². The summed E-state index contributed by atoms with van der Waals surface area (Å²) in [6, 6.07) is 1.76. The molecule has 16 nitrogen and oxygen atoms in total. The molecule has 0 aliphatic carbocycles. The van der Waals surface area contributed by atoms with Gasteiger partial charge in [0.1, 0.15) is 47.5 Å². The third-order valence-corrected chi connectivity index (χ3v) is 21.3. The number of hydrogen-bond donors (Lipinski definition) is 5. The number of anilines is 3. The highest BCUT2D eigenvalue weighted by molar-refractivity contribution is 6.36. The van der Waals surface area contributed by atoms with Crippen LogP contribution in [0.5, 0.6) is 12.0 Å². The number of aryl methyl sites for hydroxylation is 3. The maximum Gasteiger partial charge on any atom is 0.418 e. The minimum absolute atomic E-state index is 0.0160. The zero-order chi connectivity index (χ0) is 65.8. The van der Waals surface area contributed by atoms with Gasteiger partial charge in [0.15, 0.2) is 11.6 Å². The van der Waals surface area contributed by atoms with Crippen LogP contribution in [0, 0.1) is 24.0 Å². The van der Waals surface area contributed by atoms with Gasteiger partial charge in [0, 0.05) is 55.9 Å². The van der Waals surface area contributed by atoms with Gasteiger partial charge < -0.3 is 41.4 Å². The molecule has 6 fully saturated rings. The number of benzene rings is 2. The number of allylic oxidation sites excluding steroid dienone is 2. The van der Waals surface area contributed by atoms with Gasteiger partial charge in [-0.25, -0.2) is 13.8 Å². The number of rotatable bonds is 12. The van der Waals surface area contributed by atoms with Crippen LogP contribution in [0.25, 0.3) is 39.1 Å². The van der Waals surface area contributed by atoms with Crippen molar-refractivity contribution < 1.29 is 44.6 Å². The first-order chi connectivity index (χ1) is 44.0. The number of halogens is 10. The van der Waals surface area contributed by atoms with Crippen LogP contribution in [0.15, 0.2) is 23.3 Å². The van der Waals surface area contributed by atoms with Crippen molar-refractivity contribution in [2.75, 3.05) is 81.1 Å². The first kappa shape index (κ1) is 67.5. The molecule has 11 heterocycles. The highest BCUT2D eigenvalue weighted by atomic mass is 35.5. The Kier molecular flexibility index (Phi) is 19.9. The Bertz CT molecular complexity index is 3660. The average Bonchev–Trinajstić information content (AvgIpc) is 1.04. The summed E-state index contributed by atoms with van der Waals surface area (Å²) in [5.41, 5.74) is 7.73. The highest BCUT2D eigenvalue weighted by Crippen LogP contribution is 2.50. The summed E-state index contributed by atoms with van der Waals surface area (Å²) in [6.45, 7) is 18.2. The molecule has 3 aromatic heterocycles. The largest absolute Gasteiger partial charge is 0.461 e. The van der Waals surface area contributed by atoms with Crippen LogP contribution in [-0.4, -0.2) is 148 Å². The zero-order valence-electron chi connectivity index (χ0n) is 53.2. The van der Waals surface area contributed by atoms with Gasteiger partial charge in [0.25, 0.3) is 0 Å². The van der Waals surface area contributed by atoms with Crippen LogP contribution in [0.3, 0.4) is 0 Å². The molecule has 0 spiro atoms. The van der Waals surface area contributed by atoms with E-state index in [4.69, 9.17) is 59.5 Å². The van der Waals surface area contributed by atoms with E-state index in [0.29, 0.717) is 105 Å². The summed E-state index contributed by atoms with van der Waals surface area (Å²) >= 11 is 13.8. The summed E-state index contributed by atoms with van der Waals surface area (Å²) in [4.78, 5) is 32.3. The molecule has 2 aromatic carbocycles. The molecule has 0 radical (unpaired) electrons. The molecular weight excluding hydrogens is 1240 g/mol. The first-order valence-electron chi connectivity index (χ1n) is 32.8. The Morgan fingerprint density at radius 3 is 1.62 bits per heavy atom. The minimum atomic E-state index is -4.85. The van der Waals surface area contributed by atoms with Gasteiger partial charge >= 0.3 is 24.4 Å². The molecule has 92 heavy (non-hydrogen) atoms. The normalized spacial score (nSPS) is 23.1. The lowest BCUT2D eigenvalue weighted by Crippen LogP contribution is -2.58. The molecule has 0 amide bonds. The fourth-order valence-corrected chi connectivity index (χ4v) is 17.0. The lowest BCUT2D eigenvalue weighted by atomic mass is 9.89. The van der Waals surface area contributed by atoms with E-state index in [2.05, 4.69) is 59.0 Å². The molecule has 26 heteroatoms. The molecular formula is C66H84Cl2F8N14O2. The number of nitrogen functional groups attached to an aromatic ring is 1. The van der Waals surface area contributed by atoms with Crippen molar-refractivity contribution in [3.63, 3.8) is 0 Å². The summed E-state index contributed by atoms with van der Waals surface area (Å²) in [5.74, 6) is -1.63. The van der Waals surface area contributed by atoms with Crippen molar-refractivity contribution in [2.45, 2.75) is 192 Å². The van der Waals surface area contributed by atoms with Crippen molar-refractivity contribution in [1.29, 1.82) is 5.41 Å². The Morgan fingerprint density at radius 2 is 1.17 bits per heavy atom. The van der Waals surface area contributed by atoms with Crippen molar-refractivity contribution in [3.8, 4) is 23.3 Å². The predicted octanol–water partition coefficient (Wildman–Crippen LogP) is 13.5. The van der Waals surface area contributed by atoms with E-state index in [9.17, 15) is 26.3 Å².